The van der Waals surface area contributed by atoms with Gasteiger partial charge in [0.2, 0.25) is 5.13 Å². The van der Waals surface area contributed by atoms with Crippen LogP contribution in [-0.2, 0) is 0 Å². The highest BCUT2D eigenvalue weighted by molar-refractivity contribution is 7.12. The lowest BCUT2D eigenvalue weighted by molar-refractivity contribution is 0.0994. The molecule has 1 aromatic carbocycles. The van der Waals surface area contributed by atoms with E-state index in [1.807, 2.05) is 35.7 Å². The highest BCUT2D eigenvalue weighted by atomic mass is 32.1. The van der Waals surface area contributed by atoms with Gasteiger partial charge in [-0.05, 0) is 6.92 Å². The number of rotatable bonds is 4. The summed E-state index contributed by atoms with van der Waals surface area (Å²) in [7, 11) is 0. The molecule has 0 spiro atoms. The highest BCUT2D eigenvalue weighted by Gasteiger charge is 2.16. The summed E-state index contributed by atoms with van der Waals surface area (Å²) in [4.78, 5) is 32.9. The Balaban J connectivity index is 1.65. The molecule has 10 heteroatoms. The first-order chi connectivity index (χ1) is 13.1. The van der Waals surface area contributed by atoms with Crippen molar-refractivity contribution in [3.05, 3.63) is 68.3 Å². The second-order valence-corrected chi connectivity index (χ2v) is 7.18. The van der Waals surface area contributed by atoms with Crippen molar-refractivity contribution in [2.24, 2.45) is 10.2 Å². The molecule has 8 nitrogen and oxygen atoms in total. The van der Waals surface area contributed by atoms with Gasteiger partial charge in [-0.25, -0.2) is 9.97 Å². The molecule has 0 saturated carbocycles. The van der Waals surface area contributed by atoms with Gasteiger partial charge in [0.05, 0.1) is 11.4 Å². The van der Waals surface area contributed by atoms with Gasteiger partial charge in [-0.15, -0.1) is 32.9 Å². The van der Waals surface area contributed by atoms with E-state index in [0.717, 1.165) is 22.6 Å². The van der Waals surface area contributed by atoms with Crippen LogP contribution < -0.4 is 5.56 Å². The van der Waals surface area contributed by atoms with Gasteiger partial charge in [0.15, 0.2) is 10.7 Å². The van der Waals surface area contributed by atoms with Gasteiger partial charge in [0.25, 0.3) is 0 Å². The van der Waals surface area contributed by atoms with Crippen molar-refractivity contribution in [3.63, 3.8) is 0 Å². The molecule has 0 aliphatic heterocycles. The minimum atomic E-state index is -0.586. The standard InChI is InChI=1S/C17H12N6O2S2/c1-10-13(20-21-14(24)15-18-7-8-26-15)16(25)23(22-10)17-19-12(9-27-17)11-5-3-2-4-6-11/h2-9,22H,1H3. The molecule has 27 heavy (non-hydrogen) atoms. The Morgan fingerprint density at radius 3 is 2.78 bits per heavy atom. The topological polar surface area (TPSA) is 105 Å². The molecule has 3 aromatic heterocycles. The molecule has 0 atom stereocenters. The third-order valence-electron chi connectivity index (χ3n) is 3.65. The van der Waals surface area contributed by atoms with E-state index in [1.54, 1.807) is 12.3 Å². The monoisotopic (exact) mass is 396 g/mol. The highest BCUT2D eigenvalue weighted by Crippen LogP contribution is 2.24. The van der Waals surface area contributed by atoms with Crippen molar-refractivity contribution in [1.82, 2.24) is 19.7 Å². The van der Waals surface area contributed by atoms with E-state index in [0.29, 0.717) is 10.8 Å². The number of hydrogen-bond donors (Lipinski definition) is 1. The molecule has 0 radical (unpaired) electrons. The lowest BCUT2D eigenvalue weighted by Crippen LogP contribution is -2.13. The number of aryl methyl sites for hydroxylation is 1. The molecule has 0 saturated heterocycles. The zero-order valence-corrected chi connectivity index (χ0v) is 15.6. The van der Waals surface area contributed by atoms with Gasteiger partial charge in [-0.2, -0.15) is 4.68 Å². The number of thiazole rings is 2. The van der Waals surface area contributed by atoms with Crippen molar-refractivity contribution in [1.29, 1.82) is 0 Å². The summed E-state index contributed by atoms with van der Waals surface area (Å²) in [5, 5.41) is 14.6. The average molecular weight is 396 g/mol. The number of nitrogens with one attached hydrogen (secondary N) is 1. The van der Waals surface area contributed by atoms with Gasteiger partial charge in [-0.3, -0.25) is 14.7 Å². The van der Waals surface area contributed by atoms with Gasteiger partial charge < -0.3 is 0 Å². The van der Waals surface area contributed by atoms with E-state index in [9.17, 15) is 9.59 Å². The predicted octanol–water partition coefficient (Wildman–Crippen LogP) is 3.98. The Bertz CT molecular complexity index is 1170. The molecule has 0 aliphatic carbocycles. The molecule has 1 N–H and O–H groups in total. The summed E-state index contributed by atoms with van der Waals surface area (Å²) >= 11 is 2.49. The lowest BCUT2D eigenvalue weighted by atomic mass is 10.2. The first-order valence-corrected chi connectivity index (χ1v) is 9.58. The van der Waals surface area contributed by atoms with Crippen LogP contribution in [0.15, 0.2) is 62.3 Å². The summed E-state index contributed by atoms with van der Waals surface area (Å²) in [6.07, 6.45) is 1.51. The zero-order valence-electron chi connectivity index (χ0n) is 14.0. The number of nitrogens with zero attached hydrogens (tertiary/aromatic N) is 5. The minimum Gasteiger partial charge on any atom is -0.291 e. The van der Waals surface area contributed by atoms with Gasteiger partial charge in [0, 0.05) is 22.5 Å². The van der Waals surface area contributed by atoms with Crippen molar-refractivity contribution in [2.45, 2.75) is 6.92 Å². The molecule has 4 rings (SSSR count). The van der Waals surface area contributed by atoms with Crippen LogP contribution in [0, 0.1) is 6.92 Å². The third kappa shape index (κ3) is 3.39. The van der Waals surface area contributed by atoms with E-state index in [1.165, 1.54) is 22.2 Å². The maximum atomic E-state index is 12.7. The van der Waals surface area contributed by atoms with E-state index < -0.39 is 11.5 Å². The summed E-state index contributed by atoms with van der Waals surface area (Å²) in [5.74, 6) is -0.586. The summed E-state index contributed by atoms with van der Waals surface area (Å²) in [6, 6.07) is 9.69. The van der Waals surface area contributed by atoms with Crippen LogP contribution in [0.2, 0.25) is 0 Å². The summed E-state index contributed by atoms with van der Waals surface area (Å²) in [6.45, 7) is 1.69. The van der Waals surface area contributed by atoms with Gasteiger partial charge >= 0.3 is 11.5 Å². The first kappa shape index (κ1) is 17.2. The van der Waals surface area contributed by atoms with E-state index in [4.69, 9.17) is 0 Å². The quantitative estimate of drug-likeness (QED) is 0.527. The maximum absolute atomic E-state index is 12.7. The Morgan fingerprint density at radius 1 is 1.22 bits per heavy atom. The molecule has 3 heterocycles. The van der Waals surface area contributed by atoms with Gasteiger partial charge in [-0.1, -0.05) is 30.3 Å². The molecule has 1 amide bonds. The largest absolute Gasteiger partial charge is 0.324 e. The Hall–Kier alpha value is -3.24. The smallest absolute Gasteiger partial charge is 0.291 e. The SMILES string of the molecule is Cc1[nH]n(-c2nc(-c3ccccc3)cs2)c(=O)c1N=NC(=O)c1nccs1. The number of carbonyl (C=O) groups excluding carboxylic acids is 1. The number of benzene rings is 1. The van der Waals surface area contributed by atoms with Crippen LogP contribution in [0.1, 0.15) is 15.5 Å². The summed E-state index contributed by atoms with van der Waals surface area (Å²) in [5.41, 5.74) is 1.88. The lowest BCUT2D eigenvalue weighted by Gasteiger charge is -1.95. The molecular weight excluding hydrogens is 384 g/mol. The van der Waals surface area contributed by atoms with Crippen molar-refractivity contribution in [3.8, 4) is 16.4 Å². The number of carbonyl (C=O) groups is 1. The molecule has 0 fully saturated rings. The molecule has 0 bridgehead atoms. The zero-order chi connectivity index (χ0) is 18.8. The molecule has 134 valence electrons. The minimum absolute atomic E-state index is 0.0661. The van der Waals surface area contributed by atoms with Crippen LogP contribution in [0.3, 0.4) is 0 Å². The average Bonchev–Trinajstić information content (AvgIpc) is 3.42. The maximum Gasteiger partial charge on any atom is 0.324 e. The van der Waals surface area contributed by atoms with Crippen LogP contribution in [0.5, 0.6) is 0 Å². The Labute approximate surface area is 160 Å². The Morgan fingerprint density at radius 2 is 2.04 bits per heavy atom. The first-order valence-electron chi connectivity index (χ1n) is 7.82. The second-order valence-electron chi connectivity index (χ2n) is 5.45. The number of amides is 1. The summed E-state index contributed by atoms with van der Waals surface area (Å²) < 4.78 is 1.30. The van der Waals surface area contributed by atoms with Crippen LogP contribution >= 0.6 is 22.7 Å². The van der Waals surface area contributed by atoms with Crippen LogP contribution in [-0.4, -0.2) is 25.7 Å². The van der Waals surface area contributed by atoms with E-state index in [2.05, 4.69) is 25.3 Å². The van der Waals surface area contributed by atoms with E-state index >= 15 is 0 Å². The van der Waals surface area contributed by atoms with Crippen molar-refractivity contribution >= 4 is 34.3 Å². The number of aromatic nitrogens is 4. The van der Waals surface area contributed by atoms with E-state index in [-0.39, 0.29) is 10.7 Å². The number of hydrogen-bond acceptors (Lipinski definition) is 7. The third-order valence-corrected chi connectivity index (χ3v) is 5.24. The molecular formula is C17H12N6O2S2. The number of aromatic amines is 1. The normalized spacial score (nSPS) is 11.3. The molecule has 0 unspecified atom stereocenters. The number of H-pyrrole nitrogens is 1. The molecule has 0 aliphatic rings. The van der Waals surface area contributed by atoms with Crippen LogP contribution in [0.25, 0.3) is 16.4 Å². The number of azo groups is 1. The van der Waals surface area contributed by atoms with Crippen LogP contribution in [0.4, 0.5) is 5.69 Å². The molecule has 4 aromatic rings. The fourth-order valence-corrected chi connectivity index (χ4v) is 3.67. The van der Waals surface area contributed by atoms with Crippen molar-refractivity contribution < 1.29 is 4.79 Å². The predicted molar refractivity (Wildman–Crippen MR) is 103 cm³/mol. The van der Waals surface area contributed by atoms with Gasteiger partial charge in [0.1, 0.15) is 0 Å². The second kappa shape index (κ2) is 7.17. The fraction of sp³-hybridized carbons (Fsp3) is 0.0588. The fourth-order valence-electron chi connectivity index (χ4n) is 2.37. The van der Waals surface area contributed by atoms with Crippen molar-refractivity contribution in [2.75, 3.05) is 0 Å². The Kier molecular flexibility index (Phi) is 4.57.